The number of hydrogen-bond acceptors (Lipinski definition) is 2. The summed E-state index contributed by atoms with van der Waals surface area (Å²) in [5.41, 5.74) is 4.98. The van der Waals surface area contributed by atoms with Gasteiger partial charge >= 0.3 is 0 Å². The third kappa shape index (κ3) is 4.08. The molecule has 0 fully saturated rings. The summed E-state index contributed by atoms with van der Waals surface area (Å²) in [6.07, 6.45) is 9.19. The third-order valence-electron chi connectivity index (χ3n) is 4.05. The summed E-state index contributed by atoms with van der Waals surface area (Å²) in [5.74, 6) is -0.0321. The van der Waals surface area contributed by atoms with E-state index >= 15 is 0 Å². The molecule has 0 spiro atoms. The Hall–Kier alpha value is -1.87. The summed E-state index contributed by atoms with van der Waals surface area (Å²) in [7, 11) is 0. The van der Waals surface area contributed by atoms with Gasteiger partial charge in [0.2, 0.25) is 0 Å². The summed E-state index contributed by atoms with van der Waals surface area (Å²) < 4.78 is 0. The number of nitrogens with one attached hydrogen (secondary N) is 1. The number of rotatable bonds is 4. The molecule has 0 bridgehead atoms. The Bertz CT molecular complexity index is 628. The minimum atomic E-state index is -0.0321. The zero-order chi connectivity index (χ0) is 14.5. The topological polar surface area (TPSA) is 42.0 Å². The number of carbonyl (C=O) groups excluding carboxylic acids is 1. The van der Waals surface area contributed by atoms with Gasteiger partial charge in [0.25, 0.3) is 5.91 Å². The van der Waals surface area contributed by atoms with Gasteiger partial charge in [-0.2, -0.15) is 0 Å². The Kier molecular flexibility index (Phi) is 5.96. The lowest BCUT2D eigenvalue weighted by Gasteiger charge is -2.16. The van der Waals surface area contributed by atoms with Crippen molar-refractivity contribution in [2.24, 2.45) is 0 Å². The Balaban J connectivity index is 0.00000176. The van der Waals surface area contributed by atoms with Crippen molar-refractivity contribution in [3.63, 3.8) is 0 Å². The van der Waals surface area contributed by atoms with Gasteiger partial charge in [-0.3, -0.25) is 9.78 Å². The molecule has 0 radical (unpaired) electrons. The van der Waals surface area contributed by atoms with Crippen molar-refractivity contribution in [1.82, 2.24) is 10.3 Å². The van der Waals surface area contributed by atoms with Gasteiger partial charge in [-0.1, -0.05) is 18.2 Å². The van der Waals surface area contributed by atoms with E-state index in [-0.39, 0.29) is 18.3 Å². The molecule has 0 unspecified atom stereocenters. The fourth-order valence-electron chi connectivity index (χ4n) is 2.87. The minimum Gasteiger partial charge on any atom is -0.352 e. The quantitative estimate of drug-likeness (QED) is 0.940. The summed E-state index contributed by atoms with van der Waals surface area (Å²) >= 11 is 0. The Morgan fingerprint density at radius 1 is 1.05 bits per heavy atom. The maximum absolute atomic E-state index is 11.9. The average Bonchev–Trinajstić information content (AvgIpc) is 2.55. The lowest BCUT2D eigenvalue weighted by atomic mass is 9.90. The van der Waals surface area contributed by atoms with Gasteiger partial charge in [0.05, 0.1) is 0 Å². The molecule has 1 aliphatic rings. The predicted octanol–water partition coefficient (Wildman–Crippen LogP) is 3.35. The van der Waals surface area contributed by atoms with Crippen molar-refractivity contribution in [1.29, 1.82) is 0 Å². The predicted molar refractivity (Wildman–Crippen MR) is 90.6 cm³/mol. The van der Waals surface area contributed by atoms with Crippen molar-refractivity contribution in [3.05, 3.63) is 65.0 Å². The van der Waals surface area contributed by atoms with Crippen LogP contribution in [-0.4, -0.2) is 17.4 Å². The van der Waals surface area contributed by atoms with Crippen LogP contribution in [0.4, 0.5) is 0 Å². The first-order valence-corrected chi connectivity index (χ1v) is 7.62. The van der Waals surface area contributed by atoms with Gasteiger partial charge in [0, 0.05) is 24.5 Å². The molecule has 1 aromatic carbocycles. The van der Waals surface area contributed by atoms with Gasteiger partial charge in [-0.15, -0.1) is 12.4 Å². The molecule has 2 aromatic rings. The molecule has 0 atom stereocenters. The highest BCUT2D eigenvalue weighted by atomic mass is 35.5. The van der Waals surface area contributed by atoms with Gasteiger partial charge in [0.15, 0.2) is 0 Å². The summed E-state index contributed by atoms with van der Waals surface area (Å²) in [6.45, 7) is 0.667. The molecule has 4 heteroatoms. The van der Waals surface area contributed by atoms with E-state index in [0.29, 0.717) is 12.1 Å². The Morgan fingerprint density at radius 2 is 1.77 bits per heavy atom. The standard InChI is InChI=1S/C18H20N2O.ClH/c21-18(16-8-10-19-11-9-16)20-12-7-14-5-6-15-3-1-2-4-17(15)13-14;/h5-6,8-11,13H,1-4,7,12H2,(H,20,21);1H. The van der Waals surface area contributed by atoms with Crippen LogP contribution in [0, 0.1) is 0 Å². The van der Waals surface area contributed by atoms with E-state index in [9.17, 15) is 4.79 Å². The highest BCUT2D eigenvalue weighted by Crippen LogP contribution is 2.22. The van der Waals surface area contributed by atoms with E-state index in [1.807, 2.05) is 0 Å². The molecule has 22 heavy (non-hydrogen) atoms. The van der Waals surface area contributed by atoms with Crippen molar-refractivity contribution in [2.75, 3.05) is 6.54 Å². The lowest BCUT2D eigenvalue weighted by Crippen LogP contribution is -2.25. The first-order valence-electron chi connectivity index (χ1n) is 7.62. The minimum absolute atomic E-state index is 0. The first-order chi connectivity index (χ1) is 10.3. The van der Waals surface area contributed by atoms with Gasteiger partial charge in [-0.25, -0.2) is 0 Å². The molecular formula is C18H21ClN2O. The van der Waals surface area contributed by atoms with Crippen LogP contribution in [0.2, 0.25) is 0 Å². The number of benzene rings is 1. The molecule has 0 saturated carbocycles. The number of hydrogen-bond donors (Lipinski definition) is 1. The van der Waals surface area contributed by atoms with E-state index in [4.69, 9.17) is 0 Å². The molecule has 0 saturated heterocycles. The fourth-order valence-corrected chi connectivity index (χ4v) is 2.87. The van der Waals surface area contributed by atoms with Crippen LogP contribution in [0.15, 0.2) is 42.7 Å². The van der Waals surface area contributed by atoms with Gasteiger partial charge in [-0.05, 0) is 60.9 Å². The number of pyridine rings is 1. The van der Waals surface area contributed by atoms with Crippen LogP contribution >= 0.6 is 12.4 Å². The molecule has 1 N–H and O–H groups in total. The lowest BCUT2D eigenvalue weighted by molar-refractivity contribution is 0.0954. The monoisotopic (exact) mass is 316 g/mol. The van der Waals surface area contributed by atoms with Gasteiger partial charge < -0.3 is 5.32 Å². The largest absolute Gasteiger partial charge is 0.352 e. The summed E-state index contributed by atoms with van der Waals surface area (Å²) in [6, 6.07) is 10.2. The second-order valence-corrected chi connectivity index (χ2v) is 5.55. The van der Waals surface area contributed by atoms with Crippen LogP contribution < -0.4 is 5.32 Å². The molecule has 3 rings (SSSR count). The molecule has 1 amide bonds. The van der Waals surface area contributed by atoms with E-state index in [2.05, 4.69) is 28.5 Å². The molecule has 1 aliphatic carbocycles. The average molecular weight is 317 g/mol. The van der Waals surface area contributed by atoms with E-state index in [1.54, 1.807) is 24.5 Å². The SMILES string of the molecule is Cl.O=C(NCCc1ccc2c(c1)CCCC2)c1ccncc1. The summed E-state index contributed by atoms with van der Waals surface area (Å²) in [4.78, 5) is 15.8. The van der Waals surface area contributed by atoms with E-state index in [0.717, 1.165) is 6.42 Å². The van der Waals surface area contributed by atoms with Crippen molar-refractivity contribution in [3.8, 4) is 0 Å². The third-order valence-corrected chi connectivity index (χ3v) is 4.05. The number of aromatic nitrogens is 1. The smallest absolute Gasteiger partial charge is 0.251 e. The zero-order valence-corrected chi connectivity index (χ0v) is 13.4. The Morgan fingerprint density at radius 3 is 2.55 bits per heavy atom. The molecule has 1 aromatic heterocycles. The maximum atomic E-state index is 11.9. The number of halogens is 1. The Labute approximate surface area is 137 Å². The van der Waals surface area contributed by atoms with Crippen molar-refractivity contribution >= 4 is 18.3 Å². The number of carbonyl (C=O) groups is 1. The van der Waals surface area contributed by atoms with Crippen LogP contribution in [0.5, 0.6) is 0 Å². The number of nitrogens with zero attached hydrogens (tertiary/aromatic N) is 1. The number of amides is 1. The highest BCUT2D eigenvalue weighted by molar-refractivity contribution is 5.93. The molecular weight excluding hydrogens is 296 g/mol. The molecule has 1 heterocycles. The zero-order valence-electron chi connectivity index (χ0n) is 12.5. The van der Waals surface area contributed by atoms with Crippen LogP contribution in [-0.2, 0) is 19.3 Å². The highest BCUT2D eigenvalue weighted by Gasteiger charge is 2.09. The van der Waals surface area contributed by atoms with Crippen LogP contribution in [0.1, 0.15) is 39.9 Å². The van der Waals surface area contributed by atoms with Crippen LogP contribution in [0.25, 0.3) is 0 Å². The van der Waals surface area contributed by atoms with E-state index in [1.165, 1.54) is 42.4 Å². The fraction of sp³-hybridized carbons (Fsp3) is 0.333. The second kappa shape index (κ2) is 7.95. The second-order valence-electron chi connectivity index (χ2n) is 5.55. The molecule has 116 valence electrons. The van der Waals surface area contributed by atoms with E-state index < -0.39 is 0 Å². The molecule has 0 aliphatic heterocycles. The number of fused-ring (bicyclic) bond motifs is 1. The van der Waals surface area contributed by atoms with Crippen molar-refractivity contribution < 1.29 is 4.79 Å². The molecule has 3 nitrogen and oxygen atoms in total. The van der Waals surface area contributed by atoms with Crippen molar-refractivity contribution in [2.45, 2.75) is 32.1 Å². The number of aryl methyl sites for hydroxylation is 2. The normalized spacial score (nSPS) is 12.9. The maximum Gasteiger partial charge on any atom is 0.251 e. The first kappa shape index (κ1) is 16.5. The van der Waals surface area contributed by atoms with Crippen LogP contribution in [0.3, 0.4) is 0 Å². The van der Waals surface area contributed by atoms with Gasteiger partial charge in [0.1, 0.15) is 0 Å². The summed E-state index contributed by atoms with van der Waals surface area (Å²) in [5, 5.41) is 2.96.